The number of nitrogens with one attached hydrogen (secondary N) is 1. The summed E-state index contributed by atoms with van der Waals surface area (Å²) in [6.45, 7) is 4.02. The highest BCUT2D eigenvalue weighted by molar-refractivity contribution is 5.33. The van der Waals surface area contributed by atoms with Crippen molar-refractivity contribution in [1.82, 2.24) is 10.2 Å². The zero-order chi connectivity index (χ0) is 13.2. The van der Waals surface area contributed by atoms with Gasteiger partial charge in [-0.2, -0.15) is 0 Å². The van der Waals surface area contributed by atoms with Gasteiger partial charge in [0.25, 0.3) is 0 Å². The van der Waals surface area contributed by atoms with Crippen LogP contribution in [0.1, 0.15) is 5.56 Å². The van der Waals surface area contributed by atoms with Gasteiger partial charge in [0.15, 0.2) is 0 Å². The van der Waals surface area contributed by atoms with Crippen LogP contribution in [0.4, 0.5) is 0 Å². The normalized spacial score (nSPS) is 10.9. The molecule has 1 N–H and O–H groups in total. The average molecular weight is 252 g/mol. The summed E-state index contributed by atoms with van der Waals surface area (Å²) >= 11 is 0. The molecule has 4 heteroatoms. The highest BCUT2D eigenvalue weighted by Crippen LogP contribution is 2.17. The van der Waals surface area contributed by atoms with Crippen LogP contribution < -0.4 is 10.1 Å². The average Bonchev–Trinajstić information content (AvgIpc) is 2.36. The van der Waals surface area contributed by atoms with Gasteiger partial charge < -0.3 is 19.7 Å². The van der Waals surface area contributed by atoms with Crippen molar-refractivity contribution in [3.8, 4) is 5.75 Å². The van der Waals surface area contributed by atoms with Crippen LogP contribution in [0, 0.1) is 0 Å². The second kappa shape index (κ2) is 8.91. The molecule has 0 radical (unpaired) electrons. The lowest BCUT2D eigenvalue weighted by Crippen LogP contribution is -2.21. The van der Waals surface area contributed by atoms with Crippen molar-refractivity contribution in [2.24, 2.45) is 0 Å². The Bertz CT molecular complexity index is 329. The van der Waals surface area contributed by atoms with E-state index in [1.165, 1.54) is 5.56 Å². The second-order valence-electron chi connectivity index (χ2n) is 4.43. The van der Waals surface area contributed by atoms with E-state index >= 15 is 0 Å². The van der Waals surface area contributed by atoms with Gasteiger partial charge in [-0.15, -0.1) is 0 Å². The van der Waals surface area contributed by atoms with E-state index in [-0.39, 0.29) is 0 Å². The van der Waals surface area contributed by atoms with Crippen molar-refractivity contribution in [2.75, 3.05) is 47.5 Å². The maximum absolute atomic E-state index is 5.79. The summed E-state index contributed by atoms with van der Waals surface area (Å²) < 4.78 is 10.8. The summed E-state index contributed by atoms with van der Waals surface area (Å²) in [5.74, 6) is 0.962. The first-order valence-electron chi connectivity index (χ1n) is 6.29. The molecule has 0 aromatic heterocycles. The molecular weight excluding hydrogens is 228 g/mol. The Hall–Kier alpha value is -1.10. The molecule has 0 aliphatic rings. The van der Waals surface area contributed by atoms with Crippen molar-refractivity contribution in [2.45, 2.75) is 6.54 Å². The quantitative estimate of drug-likeness (QED) is 0.673. The number of methoxy groups -OCH3 is 1. The van der Waals surface area contributed by atoms with Crippen LogP contribution in [0.15, 0.2) is 24.3 Å². The largest absolute Gasteiger partial charge is 0.492 e. The zero-order valence-electron chi connectivity index (χ0n) is 11.6. The standard InChI is InChI=1S/C14H24N2O2/c1-16(2)9-11-18-14-7-5-4-6-13(14)12-15-8-10-17-3/h4-7,15H,8-12H2,1-3H3. The number of hydrogen-bond donors (Lipinski definition) is 1. The Labute approximate surface area is 110 Å². The van der Waals surface area contributed by atoms with Gasteiger partial charge in [-0.25, -0.2) is 0 Å². The topological polar surface area (TPSA) is 33.7 Å². The minimum atomic E-state index is 0.710. The fourth-order valence-electron chi connectivity index (χ4n) is 1.53. The zero-order valence-corrected chi connectivity index (χ0v) is 11.6. The third-order valence-corrected chi connectivity index (χ3v) is 2.57. The molecule has 0 aliphatic heterocycles. The first-order chi connectivity index (χ1) is 8.74. The molecule has 1 aromatic rings. The fraction of sp³-hybridized carbons (Fsp3) is 0.571. The first-order valence-corrected chi connectivity index (χ1v) is 6.29. The van der Waals surface area contributed by atoms with Gasteiger partial charge >= 0.3 is 0 Å². The monoisotopic (exact) mass is 252 g/mol. The Balaban J connectivity index is 2.40. The van der Waals surface area contributed by atoms with Crippen LogP contribution in [0.5, 0.6) is 5.75 Å². The number of para-hydroxylation sites is 1. The van der Waals surface area contributed by atoms with Gasteiger partial charge in [0.2, 0.25) is 0 Å². The van der Waals surface area contributed by atoms with Crippen LogP contribution in [0.2, 0.25) is 0 Å². The number of nitrogens with zero attached hydrogens (tertiary/aromatic N) is 1. The van der Waals surface area contributed by atoms with Gasteiger partial charge in [-0.1, -0.05) is 18.2 Å². The Morgan fingerprint density at radius 2 is 1.94 bits per heavy atom. The van der Waals surface area contributed by atoms with Crippen LogP contribution in [-0.2, 0) is 11.3 Å². The van der Waals surface area contributed by atoms with Crippen LogP contribution in [0.3, 0.4) is 0 Å². The fourth-order valence-corrected chi connectivity index (χ4v) is 1.53. The lowest BCUT2D eigenvalue weighted by Gasteiger charge is -2.14. The van der Waals surface area contributed by atoms with Crippen molar-refractivity contribution in [1.29, 1.82) is 0 Å². The van der Waals surface area contributed by atoms with E-state index in [9.17, 15) is 0 Å². The van der Waals surface area contributed by atoms with Crippen LogP contribution in [-0.4, -0.2) is 52.4 Å². The Morgan fingerprint density at radius 1 is 1.17 bits per heavy atom. The molecule has 4 nitrogen and oxygen atoms in total. The van der Waals surface area contributed by atoms with Gasteiger partial charge in [-0.3, -0.25) is 0 Å². The predicted octanol–water partition coefficient (Wildman–Crippen LogP) is 1.36. The maximum Gasteiger partial charge on any atom is 0.123 e. The number of hydrogen-bond acceptors (Lipinski definition) is 4. The van der Waals surface area contributed by atoms with Crippen LogP contribution >= 0.6 is 0 Å². The Morgan fingerprint density at radius 3 is 2.67 bits per heavy atom. The minimum absolute atomic E-state index is 0.710. The van der Waals surface area contributed by atoms with Crippen molar-refractivity contribution in [3.63, 3.8) is 0 Å². The summed E-state index contributed by atoms with van der Waals surface area (Å²) in [6, 6.07) is 8.14. The van der Waals surface area contributed by atoms with Crippen molar-refractivity contribution in [3.05, 3.63) is 29.8 Å². The number of likely N-dealkylation sites (N-methyl/N-ethyl adjacent to an activating group) is 1. The van der Waals surface area contributed by atoms with E-state index in [0.717, 1.165) is 32.0 Å². The summed E-state index contributed by atoms with van der Waals surface area (Å²) in [7, 11) is 5.79. The molecule has 0 atom stereocenters. The third kappa shape index (κ3) is 6.00. The molecule has 1 rings (SSSR count). The molecule has 0 saturated heterocycles. The molecule has 0 amide bonds. The first kappa shape index (κ1) is 15.0. The van der Waals surface area contributed by atoms with Gasteiger partial charge in [-0.05, 0) is 20.2 Å². The highest BCUT2D eigenvalue weighted by atomic mass is 16.5. The molecule has 18 heavy (non-hydrogen) atoms. The predicted molar refractivity (Wildman–Crippen MR) is 74.1 cm³/mol. The maximum atomic E-state index is 5.79. The lowest BCUT2D eigenvalue weighted by atomic mass is 10.2. The van der Waals surface area contributed by atoms with Crippen LogP contribution in [0.25, 0.3) is 0 Å². The summed E-state index contributed by atoms with van der Waals surface area (Å²) in [5, 5.41) is 3.33. The molecule has 0 fully saturated rings. The third-order valence-electron chi connectivity index (χ3n) is 2.57. The number of rotatable bonds is 9. The van der Waals surface area contributed by atoms with Gasteiger partial charge in [0, 0.05) is 32.3 Å². The van der Waals surface area contributed by atoms with Crippen molar-refractivity contribution >= 4 is 0 Å². The lowest BCUT2D eigenvalue weighted by molar-refractivity contribution is 0.199. The molecule has 102 valence electrons. The second-order valence-corrected chi connectivity index (χ2v) is 4.43. The van der Waals surface area contributed by atoms with E-state index in [4.69, 9.17) is 9.47 Å². The van der Waals surface area contributed by atoms with Gasteiger partial charge in [0.1, 0.15) is 12.4 Å². The van der Waals surface area contributed by atoms with E-state index in [1.54, 1.807) is 7.11 Å². The van der Waals surface area contributed by atoms with E-state index < -0.39 is 0 Å². The molecular formula is C14H24N2O2. The van der Waals surface area contributed by atoms with E-state index in [2.05, 4.69) is 16.3 Å². The number of ether oxygens (including phenoxy) is 2. The smallest absolute Gasteiger partial charge is 0.123 e. The molecule has 0 unspecified atom stereocenters. The Kier molecular flexibility index (Phi) is 7.41. The van der Waals surface area contributed by atoms with E-state index in [0.29, 0.717) is 6.61 Å². The molecule has 0 saturated carbocycles. The molecule has 0 bridgehead atoms. The molecule has 1 aromatic carbocycles. The minimum Gasteiger partial charge on any atom is -0.492 e. The molecule has 0 heterocycles. The van der Waals surface area contributed by atoms with Crippen molar-refractivity contribution < 1.29 is 9.47 Å². The molecule has 0 spiro atoms. The van der Waals surface area contributed by atoms with E-state index in [1.807, 2.05) is 32.3 Å². The van der Waals surface area contributed by atoms with Gasteiger partial charge in [0.05, 0.1) is 6.61 Å². The summed E-state index contributed by atoms with van der Waals surface area (Å²) in [6.07, 6.45) is 0. The highest BCUT2D eigenvalue weighted by Gasteiger charge is 2.02. The SMILES string of the molecule is COCCNCc1ccccc1OCCN(C)C. The summed E-state index contributed by atoms with van der Waals surface area (Å²) in [5.41, 5.74) is 1.19. The summed E-state index contributed by atoms with van der Waals surface area (Å²) in [4.78, 5) is 2.11. The molecule has 0 aliphatic carbocycles. The number of benzene rings is 1.